The van der Waals surface area contributed by atoms with Gasteiger partial charge in [0, 0.05) is 23.5 Å². The van der Waals surface area contributed by atoms with Crippen molar-refractivity contribution in [1.82, 2.24) is 4.90 Å². The summed E-state index contributed by atoms with van der Waals surface area (Å²) in [5.41, 5.74) is 0.323. The van der Waals surface area contributed by atoms with Crippen LogP contribution in [0.3, 0.4) is 0 Å². The van der Waals surface area contributed by atoms with Gasteiger partial charge in [0.2, 0.25) is 0 Å². The molecule has 1 heterocycles. The fourth-order valence-electron chi connectivity index (χ4n) is 7.41. The van der Waals surface area contributed by atoms with E-state index in [4.69, 9.17) is 4.74 Å². The van der Waals surface area contributed by atoms with Crippen molar-refractivity contribution in [2.24, 2.45) is 28.6 Å². The second-order valence-corrected chi connectivity index (χ2v) is 11.5. The molecular formula is C25H47NO2. The smallest absolute Gasteiger partial charge is 0.0754 e. The minimum atomic E-state index is -0.220. The first-order valence-corrected chi connectivity index (χ1v) is 12.1. The Morgan fingerprint density at radius 3 is 2.18 bits per heavy atom. The van der Waals surface area contributed by atoms with Crippen LogP contribution in [0.5, 0.6) is 0 Å². The Hall–Kier alpha value is -0.120. The van der Waals surface area contributed by atoms with E-state index in [-0.39, 0.29) is 16.9 Å². The van der Waals surface area contributed by atoms with Gasteiger partial charge < -0.3 is 9.84 Å². The first-order chi connectivity index (χ1) is 13.1. The summed E-state index contributed by atoms with van der Waals surface area (Å²) >= 11 is 0. The summed E-state index contributed by atoms with van der Waals surface area (Å²) in [6.07, 6.45) is 8.73. The molecular weight excluding hydrogens is 346 g/mol. The van der Waals surface area contributed by atoms with Gasteiger partial charge in [0.15, 0.2) is 0 Å². The lowest BCUT2D eigenvalue weighted by molar-refractivity contribution is -0.167. The molecule has 2 saturated carbocycles. The molecule has 0 aromatic heterocycles. The first kappa shape index (κ1) is 22.6. The Labute approximate surface area is 174 Å². The Morgan fingerprint density at radius 1 is 0.964 bits per heavy atom. The predicted molar refractivity (Wildman–Crippen MR) is 117 cm³/mol. The highest BCUT2D eigenvalue weighted by Gasteiger charge is 2.63. The summed E-state index contributed by atoms with van der Waals surface area (Å²) in [5, 5.41) is 11.7. The largest absolute Gasteiger partial charge is 0.391 e. The summed E-state index contributed by atoms with van der Waals surface area (Å²) in [6, 6.07) is 1.11. The maximum absolute atomic E-state index is 11.7. The van der Waals surface area contributed by atoms with Crippen LogP contribution < -0.4 is 0 Å². The van der Waals surface area contributed by atoms with E-state index in [1.807, 2.05) is 0 Å². The van der Waals surface area contributed by atoms with Crippen LogP contribution in [-0.2, 0) is 4.74 Å². The van der Waals surface area contributed by atoms with Gasteiger partial charge in [-0.25, -0.2) is 0 Å². The van der Waals surface area contributed by atoms with Crippen LogP contribution in [-0.4, -0.2) is 47.4 Å². The average molecular weight is 394 g/mol. The fraction of sp³-hybridized carbons (Fsp3) is 1.00. The molecule has 1 aliphatic heterocycles. The number of morpholine rings is 1. The quantitative estimate of drug-likeness (QED) is 0.646. The van der Waals surface area contributed by atoms with Crippen LogP contribution in [0, 0.1) is 28.6 Å². The Balaban J connectivity index is 1.73. The van der Waals surface area contributed by atoms with E-state index in [1.54, 1.807) is 0 Å². The fourth-order valence-corrected chi connectivity index (χ4v) is 7.41. The number of fused-ring (bicyclic) bond motifs is 1. The number of hydrogen-bond donors (Lipinski definition) is 1. The number of nitrogens with zero attached hydrogens (tertiary/aromatic N) is 1. The highest BCUT2D eigenvalue weighted by Crippen LogP contribution is 2.65. The second kappa shape index (κ2) is 8.55. The van der Waals surface area contributed by atoms with Gasteiger partial charge in [0.1, 0.15) is 0 Å². The van der Waals surface area contributed by atoms with Crippen molar-refractivity contribution in [2.45, 2.75) is 118 Å². The third-order valence-electron chi connectivity index (χ3n) is 9.32. The van der Waals surface area contributed by atoms with Crippen molar-refractivity contribution >= 4 is 0 Å². The molecule has 2 aliphatic carbocycles. The van der Waals surface area contributed by atoms with Crippen molar-refractivity contribution in [2.75, 3.05) is 13.2 Å². The van der Waals surface area contributed by atoms with E-state index in [1.165, 1.54) is 38.5 Å². The van der Waals surface area contributed by atoms with Gasteiger partial charge in [-0.05, 0) is 62.7 Å². The van der Waals surface area contributed by atoms with Gasteiger partial charge in [0.05, 0.1) is 19.3 Å². The standard InChI is InChI=1S/C25H47NO2/c1-17(2)9-8-10-18(3)21-11-13-25(7)23(27)22(12-14-24(21,25)6)26-19(4)15-28-16-20(26)5/h17-23,27H,8-16H2,1-7H3/t18-,19?,20?,21-,22+,23+,24-,25+/m1/s1. The Morgan fingerprint density at radius 2 is 1.57 bits per heavy atom. The molecule has 0 bridgehead atoms. The molecule has 2 unspecified atom stereocenters. The molecule has 0 aromatic carbocycles. The van der Waals surface area contributed by atoms with Gasteiger partial charge in [0.25, 0.3) is 0 Å². The lowest BCUT2D eigenvalue weighted by Gasteiger charge is -2.58. The maximum Gasteiger partial charge on any atom is 0.0754 e. The molecule has 0 radical (unpaired) electrons. The first-order valence-electron chi connectivity index (χ1n) is 12.1. The number of hydrogen-bond acceptors (Lipinski definition) is 3. The zero-order chi connectivity index (χ0) is 20.7. The van der Waals surface area contributed by atoms with Gasteiger partial charge >= 0.3 is 0 Å². The molecule has 3 nitrogen and oxygen atoms in total. The van der Waals surface area contributed by atoms with Crippen LogP contribution in [0.4, 0.5) is 0 Å². The molecule has 8 atom stereocenters. The summed E-state index contributed by atoms with van der Waals surface area (Å²) in [4.78, 5) is 2.60. The molecule has 0 aromatic rings. The molecule has 0 spiro atoms. The normalized spacial score (nSPS) is 46.0. The van der Waals surface area contributed by atoms with Gasteiger partial charge in [-0.3, -0.25) is 4.90 Å². The van der Waals surface area contributed by atoms with E-state index < -0.39 is 0 Å². The topological polar surface area (TPSA) is 32.7 Å². The highest BCUT2D eigenvalue weighted by atomic mass is 16.5. The molecule has 3 heteroatoms. The predicted octanol–water partition coefficient (Wildman–Crippen LogP) is 5.50. The summed E-state index contributed by atoms with van der Waals surface area (Å²) in [5.74, 6) is 2.35. The zero-order valence-corrected chi connectivity index (χ0v) is 19.7. The van der Waals surface area contributed by atoms with E-state index in [2.05, 4.69) is 53.4 Å². The van der Waals surface area contributed by atoms with Crippen LogP contribution in [0.15, 0.2) is 0 Å². The third kappa shape index (κ3) is 3.81. The van der Waals surface area contributed by atoms with Gasteiger partial charge in [-0.1, -0.05) is 53.9 Å². The lowest BCUT2D eigenvalue weighted by atomic mass is 9.52. The summed E-state index contributed by atoms with van der Waals surface area (Å²) in [7, 11) is 0. The van der Waals surface area contributed by atoms with Crippen LogP contribution >= 0.6 is 0 Å². The molecule has 3 rings (SSSR count). The molecule has 3 fully saturated rings. The average Bonchev–Trinajstić information content (AvgIpc) is 2.89. The van der Waals surface area contributed by atoms with E-state index in [9.17, 15) is 5.11 Å². The molecule has 0 amide bonds. The van der Waals surface area contributed by atoms with Crippen LogP contribution in [0.25, 0.3) is 0 Å². The number of rotatable bonds is 6. The highest BCUT2D eigenvalue weighted by molar-refractivity contribution is 5.13. The SMILES string of the molecule is CC(C)CCC[C@@H](C)[C@H]1CC[C@@]2(C)[C@@H](O)[C@@H](N3C(C)COCC3C)CC[C@]12C. The molecule has 1 N–H and O–H groups in total. The second-order valence-electron chi connectivity index (χ2n) is 11.5. The Kier molecular flexibility index (Phi) is 6.89. The monoisotopic (exact) mass is 393 g/mol. The number of aliphatic hydroxyl groups excluding tert-OH is 1. The molecule has 1 saturated heterocycles. The van der Waals surface area contributed by atoms with Crippen molar-refractivity contribution in [3.63, 3.8) is 0 Å². The minimum absolute atomic E-state index is 0.0463. The van der Waals surface area contributed by atoms with Crippen molar-refractivity contribution in [3.05, 3.63) is 0 Å². The van der Waals surface area contributed by atoms with Crippen molar-refractivity contribution < 1.29 is 9.84 Å². The molecule has 164 valence electrons. The maximum atomic E-state index is 11.7. The van der Waals surface area contributed by atoms with E-state index in [0.29, 0.717) is 18.1 Å². The molecule has 3 aliphatic rings. The zero-order valence-electron chi connectivity index (χ0n) is 19.7. The Bertz CT molecular complexity index is 513. The summed E-state index contributed by atoms with van der Waals surface area (Å²) < 4.78 is 5.76. The van der Waals surface area contributed by atoms with Crippen molar-refractivity contribution in [3.8, 4) is 0 Å². The van der Waals surface area contributed by atoms with E-state index in [0.717, 1.165) is 37.4 Å². The number of aliphatic hydroxyl groups is 1. The van der Waals surface area contributed by atoms with Gasteiger partial charge in [-0.15, -0.1) is 0 Å². The van der Waals surface area contributed by atoms with Gasteiger partial charge in [-0.2, -0.15) is 0 Å². The third-order valence-corrected chi connectivity index (χ3v) is 9.32. The summed E-state index contributed by atoms with van der Waals surface area (Å²) in [6.45, 7) is 18.3. The van der Waals surface area contributed by atoms with Crippen LogP contribution in [0.1, 0.15) is 93.4 Å². The molecule has 28 heavy (non-hydrogen) atoms. The van der Waals surface area contributed by atoms with Crippen LogP contribution in [0.2, 0.25) is 0 Å². The van der Waals surface area contributed by atoms with E-state index >= 15 is 0 Å². The number of ether oxygens (including phenoxy) is 1. The van der Waals surface area contributed by atoms with Crippen molar-refractivity contribution in [1.29, 1.82) is 0 Å². The minimum Gasteiger partial charge on any atom is -0.391 e. The lowest BCUT2D eigenvalue weighted by Crippen LogP contribution is -2.65.